The van der Waals surface area contributed by atoms with E-state index in [-0.39, 0.29) is 23.1 Å². The Labute approximate surface area is 138 Å². The molecule has 0 aliphatic carbocycles. The predicted octanol–water partition coefficient (Wildman–Crippen LogP) is 2.56. The fourth-order valence-corrected chi connectivity index (χ4v) is 2.15. The summed E-state index contributed by atoms with van der Waals surface area (Å²) in [6.07, 6.45) is 1.26. The molecule has 0 unspecified atom stereocenters. The molecule has 0 aliphatic heterocycles. The van der Waals surface area contributed by atoms with Gasteiger partial charge in [0.25, 0.3) is 0 Å². The van der Waals surface area contributed by atoms with Crippen LogP contribution < -0.4 is 16.2 Å². The summed E-state index contributed by atoms with van der Waals surface area (Å²) in [4.78, 5) is 7.74. The number of anilines is 2. The standard InChI is InChI=1S/C17H15N5O2/c18-15(14-16(19)21-9-22-17(14)20)10-1-5-12(6-2-10)24-13-7-3-11(23)4-8-13/h1-9,18,23H,(H4,19,20,21,22). The van der Waals surface area contributed by atoms with Crippen molar-refractivity contribution in [2.45, 2.75) is 0 Å². The van der Waals surface area contributed by atoms with E-state index in [4.69, 9.17) is 21.6 Å². The van der Waals surface area contributed by atoms with Gasteiger partial charge in [-0.15, -0.1) is 0 Å². The molecule has 0 bridgehead atoms. The van der Waals surface area contributed by atoms with Crippen LogP contribution in [-0.4, -0.2) is 20.8 Å². The Morgan fingerprint density at radius 2 is 1.38 bits per heavy atom. The number of rotatable bonds is 4. The van der Waals surface area contributed by atoms with Gasteiger partial charge in [-0.05, 0) is 48.5 Å². The Morgan fingerprint density at radius 3 is 1.92 bits per heavy atom. The average Bonchev–Trinajstić information content (AvgIpc) is 2.57. The lowest BCUT2D eigenvalue weighted by Gasteiger charge is -2.10. The van der Waals surface area contributed by atoms with Gasteiger partial charge in [0.15, 0.2) is 0 Å². The van der Waals surface area contributed by atoms with Gasteiger partial charge >= 0.3 is 0 Å². The number of phenols is 1. The summed E-state index contributed by atoms with van der Waals surface area (Å²) in [5.74, 6) is 1.70. The fourth-order valence-electron chi connectivity index (χ4n) is 2.15. The van der Waals surface area contributed by atoms with E-state index in [1.807, 2.05) is 0 Å². The Hall–Kier alpha value is -3.61. The first kappa shape index (κ1) is 15.3. The molecule has 1 aromatic heterocycles. The van der Waals surface area contributed by atoms with Gasteiger partial charge in [-0.25, -0.2) is 9.97 Å². The summed E-state index contributed by atoms with van der Waals surface area (Å²) in [6, 6.07) is 13.3. The van der Waals surface area contributed by atoms with E-state index in [1.54, 1.807) is 48.5 Å². The maximum atomic E-state index is 9.26. The van der Waals surface area contributed by atoms with Gasteiger partial charge in [0.1, 0.15) is 35.2 Å². The Bertz CT molecular complexity index is 856. The molecule has 1 heterocycles. The monoisotopic (exact) mass is 321 g/mol. The van der Waals surface area contributed by atoms with Gasteiger partial charge in [0.05, 0.1) is 11.3 Å². The van der Waals surface area contributed by atoms with E-state index in [9.17, 15) is 5.11 Å². The second-order valence-corrected chi connectivity index (χ2v) is 5.01. The molecule has 0 atom stereocenters. The molecule has 24 heavy (non-hydrogen) atoms. The zero-order valence-electron chi connectivity index (χ0n) is 12.6. The third kappa shape index (κ3) is 3.09. The van der Waals surface area contributed by atoms with E-state index in [1.165, 1.54) is 6.33 Å². The highest BCUT2D eigenvalue weighted by Gasteiger charge is 2.14. The highest BCUT2D eigenvalue weighted by atomic mass is 16.5. The zero-order chi connectivity index (χ0) is 17.1. The summed E-state index contributed by atoms with van der Waals surface area (Å²) in [7, 11) is 0. The van der Waals surface area contributed by atoms with Crippen LogP contribution >= 0.6 is 0 Å². The molecule has 0 saturated carbocycles. The lowest BCUT2D eigenvalue weighted by molar-refractivity contribution is 0.464. The van der Waals surface area contributed by atoms with Gasteiger partial charge in [-0.2, -0.15) is 0 Å². The number of benzene rings is 2. The molecule has 0 fully saturated rings. The third-order valence-electron chi connectivity index (χ3n) is 3.37. The summed E-state index contributed by atoms with van der Waals surface area (Å²) >= 11 is 0. The van der Waals surface area contributed by atoms with Crippen molar-refractivity contribution in [3.05, 3.63) is 66.0 Å². The van der Waals surface area contributed by atoms with Crippen LogP contribution in [-0.2, 0) is 0 Å². The van der Waals surface area contributed by atoms with Crippen molar-refractivity contribution in [2.75, 3.05) is 11.5 Å². The third-order valence-corrected chi connectivity index (χ3v) is 3.37. The van der Waals surface area contributed by atoms with Crippen molar-refractivity contribution < 1.29 is 9.84 Å². The molecule has 7 heteroatoms. The summed E-state index contributed by atoms with van der Waals surface area (Å²) < 4.78 is 5.67. The molecule has 3 rings (SSSR count). The number of nitrogens with zero attached hydrogens (tertiary/aromatic N) is 2. The van der Waals surface area contributed by atoms with Crippen LogP contribution in [0.3, 0.4) is 0 Å². The van der Waals surface area contributed by atoms with Crippen molar-refractivity contribution in [1.82, 2.24) is 9.97 Å². The highest BCUT2D eigenvalue weighted by molar-refractivity contribution is 6.15. The molecule has 2 aromatic carbocycles. The first-order valence-corrected chi connectivity index (χ1v) is 7.07. The minimum atomic E-state index is 0.141. The van der Waals surface area contributed by atoms with Gasteiger partial charge in [0.2, 0.25) is 0 Å². The number of nitrogen functional groups attached to an aromatic ring is 2. The number of hydrogen-bond donors (Lipinski definition) is 4. The lowest BCUT2D eigenvalue weighted by Crippen LogP contribution is -2.11. The molecule has 3 aromatic rings. The minimum Gasteiger partial charge on any atom is -0.508 e. The van der Waals surface area contributed by atoms with E-state index in [0.29, 0.717) is 22.6 Å². The Balaban J connectivity index is 1.81. The second kappa shape index (κ2) is 6.25. The minimum absolute atomic E-state index is 0.141. The molecular weight excluding hydrogens is 306 g/mol. The lowest BCUT2D eigenvalue weighted by atomic mass is 10.0. The number of nitrogens with two attached hydrogens (primary N) is 2. The molecule has 0 radical (unpaired) electrons. The predicted molar refractivity (Wildman–Crippen MR) is 91.4 cm³/mol. The second-order valence-electron chi connectivity index (χ2n) is 5.01. The Kier molecular flexibility index (Phi) is 3.98. The number of aromatic nitrogens is 2. The van der Waals surface area contributed by atoms with Crippen molar-refractivity contribution in [3.63, 3.8) is 0 Å². The average molecular weight is 321 g/mol. The number of aromatic hydroxyl groups is 1. The van der Waals surface area contributed by atoms with E-state index in [0.717, 1.165) is 0 Å². The van der Waals surface area contributed by atoms with E-state index >= 15 is 0 Å². The number of ether oxygens (including phenoxy) is 1. The first-order valence-electron chi connectivity index (χ1n) is 7.07. The van der Waals surface area contributed by atoms with Crippen molar-refractivity contribution in [1.29, 1.82) is 5.41 Å². The van der Waals surface area contributed by atoms with Gasteiger partial charge < -0.3 is 21.3 Å². The van der Waals surface area contributed by atoms with Crippen LogP contribution in [0.1, 0.15) is 11.1 Å². The van der Waals surface area contributed by atoms with Crippen LogP contribution in [0, 0.1) is 5.41 Å². The summed E-state index contributed by atoms with van der Waals surface area (Å²) in [5.41, 5.74) is 12.6. The molecule has 0 amide bonds. The molecule has 6 N–H and O–H groups in total. The smallest absolute Gasteiger partial charge is 0.138 e. The van der Waals surface area contributed by atoms with Crippen molar-refractivity contribution in [3.8, 4) is 17.2 Å². The van der Waals surface area contributed by atoms with Gasteiger partial charge in [0, 0.05) is 5.56 Å². The number of hydrogen-bond acceptors (Lipinski definition) is 7. The topological polar surface area (TPSA) is 131 Å². The Morgan fingerprint density at radius 1 is 0.875 bits per heavy atom. The summed E-state index contributed by atoms with van der Waals surface area (Å²) in [5, 5.41) is 17.5. The molecule has 7 nitrogen and oxygen atoms in total. The maximum Gasteiger partial charge on any atom is 0.138 e. The van der Waals surface area contributed by atoms with Gasteiger partial charge in [-0.1, -0.05) is 0 Å². The molecular formula is C17H15N5O2. The van der Waals surface area contributed by atoms with E-state index in [2.05, 4.69) is 9.97 Å². The molecule has 0 spiro atoms. The van der Waals surface area contributed by atoms with Crippen LogP contribution in [0.2, 0.25) is 0 Å². The molecule has 120 valence electrons. The number of nitrogens with one attached hydrogen (secondary N) is 1. The van der Waals surface area contributed by atoms with Crippen molar-refractivity contribution >= 4 is 17.3 Å². The van der Waals surface area contributed by atoms with Crippen LogP contribution in [0.4, 0.5) is 11.6 Å². The SMILES string of the molecule is N=C(c1ccc(Oc2ccc(O)cc2)cc1)c1c(N)ncnc1N. The fraction of sp³-hybridized carbons (Fsp3) is 0. The van der Waals surface area contributed by atoms with Crippen LogP contribution in [0.15, 0.2) is 54.9 Å². The van der Waals surface area contributed by atoms with Crippen LogP contribution in [0.25, 0.3) is 0 Å². The van der Waals surface area contributed by atoms with Gasteiger partial charge in [-0.3, -0.25) is 5.41 Å². The normalized spacial score (nSPS) is 10.3. The first-order chi connectivity index (χ1) is 11.5. The quantitative estimate of drug-likeness (QED) is 0.546. The number of phenolic OH excluding ortho intramolecular Hbond substituents is 1. The zero-order valence-corrected chi connectivity index (χ0v) is 12.6. The highest BCUT2D eigenvalue weighted by Crippen LogP contribution is 2.25. The largest absolute Gasteiger partial charge is 0.508 e. The molecule has 0 aliphatic rings. The molecule has 0 saturated heterocycles. The maximum absolute atomic E-state index is 9.26. The van der Waals surface area contributed by atoms with Crippen molar-refractivity contribution in [2.24, 2.45) is 0 Å². The van der Waals surface area contributed by atoms with Crippen LogP contribution in [0.5, 0.6) is 17.2 Å². The van der Waals surface area contributed by atoms with E-state index < -0.39 is 0 Å². The summed E-state index contributed by atoms with van der Waals surface area (Å²) in [6.45, 7) is 0.